The van der Waals surface area contributed by atoms with Gasteiger partial charge in [0.25, 0.3) is 0 Å². The van der Waals surface area contributed by atoms with Crippen molar-refractivity contribution in [3.8, 4) is 0 Å². The Hall–Kier alpha value is -1.16. The summed E-state index contributed by atoms with van der Waals surface area (Å²) in [7, 11) is -3.53. The van der Waals surface area contributed by atoms with Gasteiger partial charge in [-0.05, 0) is 31.4 Å². The molecule has 0 radical (unpaired) electrons. The minimum absolute atomic E-state index is 0.0739. The Morgan fingerprint density at radius 2 is 1.81 bits per heavy atom. The summed E-state index contributed by atoms with van der Waals surface area (Å²) in [5.41, 5.74) is 0. The van der Waals surface area contributed by atoms with Crippen molar-refractivity contribution in [1.29, 1.82) is 0 Å². The summed E-state index contributed by atoms with van der Waals surface area (Å²) < 4.78 is 23.5. The van der Waals surface area contributed by atoms with E-state index >= 15 is 0 Å². The van der Waals surface area contributed by atoms with Gasteiger partial charge in [0.05, 0.1) is 4.90 Å². The van der Waals surface area contributed by atoms with Crippen molar-refractivity contribution in [2.24, 2.45) is 5.92 Å². The van der Waals surface area contributed by atoms with Crippen LogP contribution in [0.25, 0.3) is 0 Å². The Kier molecular flexibility index (Phi) is 2.42. The van der Waals surface area contributed by atoms with Crippen LogP contribution < -0.4 is 0 Å². The molecular formula is C12H14O3S. The van der Waals surface area contributed by atoms with Gasteiger partial charge in [0.1, 0.15) is 4.75 Å². The molecule has 1 aliphatic carbocycles. The Balaban J connectivity index is 2.53. The molecule has 4 heteroatoms. The van der Waals surface area contributed by atoms with Gasteiger partial charge in [0, 0.05) is 0 Å². The lowest BCUT2D eigenvalue weighted by atomic mass is 10.2. The van der Waals surface area contributed by atoms with Crippen LogP contribution in [0.2, 0.25) is 0 Å². The molecule has 0 aromatic heterocycles. The normalized spacial score (nSPS) is 28.8. The zero-order valence-electron chi connectivity index (χ0n) is 9.30. The highest BCUT2D eigenvalue weighted by atomic mass is 32.2. The maximum Gasteiger partial charge on any atom is 0.191 e. The third kappa shape index (κ3) is 1.33. The maximum atomic E-state index is 12.3. The number of sulfone groups is 1. The first-order valence-corrected chi connectivity index (χ1v) is 6.72. The highest BCUT2D eigenvalue weighted by molar-refractivity contribution is 7.94. The fourth-order valence-corrected chi connectivity index (χ4v) is 4.57. The Bertz CT molecular complexity index is 518. The molecule has 86 valence electrons. The highest BCUT2D eigenvalue weighted by Crippen LogP contribution is 2.52. The van der Waals surface area contributed by atoms with E-state index in [1.54, 1.807) is 30.3 Å². The van der Waals surface area contributed by atoms with Gasteiger partial charge in [-0.15, -0.1) is 0 Å². The minimum atomic E-state index is -3.53. The molecule has 0 N–H and O–H groups in total. The van der Waals surface area contributed by atoms with Gasteiger partial charge < -0.3 is 0 Å². The Morgan fingerprint density at radius 1 is 1.31 bits per heavy atom. The second-order valence-corrected chi connectivity index (χ2v) is 6.57. The number of benzene rings is 1. The van der Waals surface area contributed by atoms with Crippen molar-refractivity contribution >= 4 is 15.6 Å². The predicted octanol–water partition coefficient (Wildman–Crippen LogP) is 1.83. The molecule has 0 aliphatic heterocycles. The second-order valence-electron chi connectivity index (χ2n) is 4.37. The molecule has 1 aromatic rings. The number of carbonyl (C=O) groups is 1. The number of hydrogen-bond donors (Lipinski definition) is 0. The largest absolute Gasteiger partial charge is 0.298 e. The summed E-state index contributed by atoms with van der Waals surface area (Å²) in [6, 6.07) is 8.20. The molecule has 16 heavy (non-hydrogen) atoms. The van der Waals surface area contributed by atoms with Gasteiger partial charge in [-0.3, -0.25) is 4.79 Å². The fraction of sp³-hybridized carbons (Fsp3) is 0.417. The average molecular weight is 238 g/mol. The van der Waals surface area contributed by atoms with Gasteiger partial charge in [-0.25, -0.2) is 8.42 Å². The molecule has 0 unspecified atom stereocenters. The molecule has 0 bridgehead atoms. The maximum absolute atomic E-state index is 12.3. The molecule has 2 rings (SSSR count). The first-order valence-electron chi connectivity index (χ1n) is 5.23. The third-order valence-electron chi connectivity index (χ3n) is 3.37. The summed E-state index contributed by atoms with van der Waals surface area (Å²) in [5.74, 6) is -0.320. The van der Waals surface area contributed by atoms with E-state index in [-0.39, 0.29) is 16.6 Å². The molecule has 3 nitrogen and oxygen atoms in total. The summed E-state index contributed by atoms with van der Waals surface area (Å²) in [5, 5.41) is 0. The SMILES string of the molecule is CC(=O)[C@]1(S(=O)(=O)c2ccccc2)C[C@@H]1C. The van der Waals surface area contributed by atoms with E-state index in [4.69, 9.17) is 0 Å². The van der Waals surface area contributed by atoms with Crippen LogP contribution in [-0.2, 0) is 14.6 Å². The lowest BCUT2D eigenvalue weighted by Gasteiger charge is -2.14. The van der Waals surface area contributed by atoms with Crippen LogP contribution in [0.1, 0.15) is 20.3 Å². The number of Topliss-reactive ketones (excluding diaryl/α,β-unsaturated/α-hetero) is 1. The monoisotopic (exact) mass is 238 g/mol. The number of rotatable bonds is 3. The quantitative estimate of drug-likeness (QED) is 0.807. The van der Waals surface area contributed by atoms with Crippen LogP contribution in [0, 0.1) is 5.92 Å². The highest BCUT2D eigenvalue weighted by Gasteiger charge is 2.65. The molecule has 0 spiro atoms. The number of hydrogen-bond acceptors (Lipinski definition) is 3. The molecule has 1 saturated carbocycles. The van der Waals surface area contributed by atoms with E-state index < -0.39 is 14.6 Å². The third-order valence-corrected chi connectivity index (χ3v) is 6.08. The standard InChI is InChI=1S/C12H14O3S/c1-9-8-12(9,10(2)13)16(14,15)11-6-4-3-5-7-11/h3-7,9H,8H2,1-2H3/t9-,12-/m0/s1. The van der Waals surface area contributed by atoms with E-state index in [9.17, 15) is 13.2 Å². The van der Waals surface area contributed by atoms with E-state index in [0.29, 0.717) is 6.42 Å². The summed E-state index contributed by atoms with van der Waals surface area (Å²) >= 11 is 0. The topological polar surface area (TPSA) is 51.2 Å². The molecule has 2 atom stereocenters. The summed E-state index contributed by atoms with van der Waals surface area (Å²) in [6.07, 6.45) is 0.444. The van der Waals surface area contributed by atoms with E-state index in [2.05, 4.69) is 0 Å². The van der Waals surface area contributed by atoms with Crippen molar-refractivity contribution in [3.63, 3.8) is 0 Å². The first kappa shape index (κ1) is 11.3. The zero-order chi connectivity index (χ0) is 12.0. The molecule has 0 heterocycles. The summed E-state index contributed by atoms with van der Waals surface area (Å²) in [4.78, 5) is 11.8. The first-order chi connectivity index (χ1) is 7.43. The number of ketones is 1. The number of carbonyl (C=O) groups excluding carboxylic acids is 1. The molecular weight excluding hydrogens is 224 g/mol. The van der Waals surface area contributed by atoms with E-state index in [1.807, 2.05) is 6.92 Å². The smallest absolute Gasteiger partial charge is 0.191 e. The summed E-state index contributed by atoms with van der Waals surface area (Å²) in [6.45, 7) is 3.17. The van der Waals surface area contributed by atoms with E-state index in [0.717, 1.165) is 0 Å². The Morgan fingerprint density at radius 3 is 2.19 bits per heavy atom. The van der Waals surface area contributed by atoms with E-state index in [1.165, 1.54) is 6.92 Å². The van der Waals surface area contributed by atoms with Crippen LogP contribution in [0.5, 0.6) is 0 Å². The van der Waals surface area contributed by atoms with Crippen LogP contribution in [-0.4, -0.2) is 18.9 Å². The van der Waals surface area contributed by atoms with Crippen molar-refractivity contribution in [2.45, 2.75) is 29.9 Å². The van der Waals surface area contributed by atoms with Crippen molar-refractivity contribution in [3.05, 3.63) is 30.3 Å². The lowest BCUT2D eigenvalue weighted by molar-refractivity contribution is -0.117. The van der Waals surface area contributed by atoms with Gasteiger partial charge in [-0.2, -0.15) is 0 Å². The Labute approximate surface area is 95.4 Å². The fourth-order valence-electron chi connectivity index (χ4n) is 2.26. The van der Waals surface area contributed by atoms with Gasteiger partial charge >= 0.3 is 0 Å². The van der Waals surface area contributed by atoms with Gasteiger partial charge in [-0.1, -0.05) is 25.1 Å². The second kappa shape index (κ2) is 3.42. The molecule has 1 fully saturated rings. The molecule has 0 amide bonds. The van der Waals surface area contributed by atoms with Crippen LogP contribution in [0.15, 0.2) is 35.2 Å². The van der Waals surface area contributed by atoms with Crippen LogP contribution in [0.3, 0.4) is 0 Å². The zero-order valence-corrected chi connectivity index (χ0v) is 10.1. The minimum Gasteiger partial charge on any atom is -0.298 e. The van der Waals surface area contributed by atoms with Crippen LogP contribution >= 0.6 is 0 Å². The van der Waals surface area contributed by atoms with Gasteiger partial charge in [0.2, 0.25) is 0 Å². The van der Waals surface area contributed by atoms with Crippen LogP contribution in [0.4, 0.5) is 0 Å². The molecule has 0 saturated heterocycles. The lowest BCUT2D eigenvalue weighted by Crippen LogP contribution is -2.32. The van der Waals surface area contributed by atoms with Crippen molar-refractivity contribution in [1.82, 2.24) is 0 Å². The van der Waals surface area contributed by atoms with Crippen molar-refractivity contribution in [2.75, 3.05) is 0 Å². The van der Waals surface area contributed by atoms with Gasteiger partial charge in [0.15, 0.2) is 15.6 Å². The molecule has 1 aromatic carbocycles. The van der Waals surface area contributed by atoms with Crippen molar-refractivity contribution < 1.29 is 13.2 Å². The predicted molar refractivity (Wildman–Crippen MR) is 60.8 cm³/mol. The molecule has 1 aliphatic rings. The average Bonchev–Trinajstić information content (AvgIpc) is 2.93.